The Kier molecular flexibility index (Phi) is 6.17. The van der Waals surface area contributed by atoms with Crippen LogP contribution in [-0.4, -0.2) is 44.5 Å². The first-order chi connectivity index (χ1) is 12.2. The highest BCUT2D eigenvalue weighted by atomic mass is 16.2. The highest BCUT2D eigenvalue weighted by Gasteiger charge is 2.28. The molecule has 3 rings (SSSR count). The molecule has 0 aliphatic carbocycles. The van der Waals surface area contributed by atoms with Crippen molar-refractivity contribution in [3.05, 3.63) is 48.3 Å². The fraction of sp³-hybridized carbons (Fsp3) is 0.526. The largest absolute Gasteiger partial charge is 0.355 e. The van der Waals surface area contributed by atoms with Gasteiger partial charge in [0.1, 0.15) is 5.82 Å². The highest BCUT2D eigenvalue weighted by Crippen LogP contribution is 2.19. The van der Waals surface area contributed by atoms with Crippen LogP contribution in [0.5, 0.6) is 0 Å². The predicted octanol–water partition coefficient (Wildman–Crippen LogP) is 2.15. The molecular formula is C19H27N5O. The molecule has 0 spiro atoms. The van der Waals surface area contributed by atoms with E-state index < -0.39 is 0 Å². The van der Waals surface area contributed by atoms with E-state index in [0.29, 0.717) is 6.54 Å². The number of imidazole rings is 1. The molecule has 0 unspecified atom stereocenters. The lowest BCUT2D eigenvalue weighted by Gasteiger charge is -2.34. The lowest BCUT2D eigenvalue weighted by Crippen LogP contribution is -2.49. The number of piperidine rings is 1. The molecule has 1 atom stereocenters. The summed E-state index contributed by atoms with van der Waals surface area (Å²) >= 11 is 0. The number of amides is 1. The van der Waals surface area contributed by atoms with E-state index in [2.05, 4.69) is 24.8 Å². The Morgan fingerprint density at radius 1 is 1.28 bits per heavy atom. The number of aryl methyl sites for hydroxylation is 2. The number of nitrogens with zero attached hydrogens (tertiary/aromatic N) is 4. The zero-order valence-electron chi connectivity index (χ0n) is 14.9. The molecule has 1 aliphatic rings. The monoisotopic (exact) mass is 341 g/mol. The van der Waals surface area contributed by atoms with Crippen molar-refractivity contribution >= 4 is 5.91 Å². The van der Waals surface area contributed by atoms with E-state index in [-0.39, 0.29) is 11.9 Å². The van der Waals surface area contributed by atoms with E-state index in [9.17, 15) is 4.79 Å². The molecule has 1 N–H and O–H groups in total. The Balaban J connectivity index is 1.48. The lowest BCUT2D eigenvalue weighted by atomic mass is 10.0. The second kappa shape index (κ2) is 8.76. The first-order valence-corrected chi connectivity index (χ1v) is 9.12. The van der Waals surface area contributed by atoms with Crippen LogP contribution in [-0.2, 0) is 17.9 Å². The summed E-state index contributed by atoms with van der Waals surface area (Å²) in [5, 5.41) is 3.12. The predicted molar refractivity (Wildman–Crippen MR) is 96.9 cm³/mol. The van der Waals surface area contributed by atoms with Crippen molar-refractivity contribution in [2.45, 2.75) is 51.7 Å². The minimum absolute atomic E-state index is 0.0168. The molecule has 2 aromatic rings. The summed E-state index contributed by atoms with van der Waals surface area (Å²) in [6.45, 7) is 5.38. The van der Waals surface area contributed by atoms with Crippen LogP contribution in [0.15, 0.2) is 36.9 Å². The van der Waals surface area contributed by atoms with Crippen LogP contribution in [0.2, 0.25) is 0 Å². The van der Waals surface area contributed by atoms with Gasteiger partial charge in [-0.2, -0.15) is 0 Å². The molecule has 1 fully saturated rings. The Labute approximate surface area is 149 Å². The standard InChI is InChI=1S/C19H27N5O/c1-16-21-11-14-23(16)13-4-8-22-19(25)18-5-2-3-12-24(18)15-17-6-9-20-10-7-17/h6-7,9-11,14,18H,2-5,8,12-13,15H2,1H3,(H,22,25)/t18-/m1/s1. The molecular weight excluding hydrogens is 314 g/mol. The zero-order chi connectivity index (χ0) is 17.5. The maximum Gasteiger partial charge on any atom is 0.237 e. The molecule has 6 nitrogen and oxygen atoms in total. The molecule has 0 bridgehead atoms. The Hall–Kier alpha value is -2.21. The average molecular weight is 341 g/mol. The van der Waals surface area contributed by atoms with Crippen LogP contribution in [0.3, 0.4) is 0 Å². The molecule has 0 radical (unpaired) electrons. The van der Waals surface area contributed by atoms with E-state index in [0.717, 1.165) is 51.1 Å². The number of hydrogen-bond donors (Lipinski definition) is 1. The van der Waals surface area contributed by atoms with Gasteiger partial charge in [-0.3, -0.25) is 14.7 Å². The topological polar surface area (TPSA) is 63.1 Å². The quantitative estimate of drug-likeness (QED) is 0.784. The van der Waals surface area contributed by atoms with Crippen molar-refractivity contribution in [3.8, 4) is 0 Å². The smallest absolute Gasteiger partial charge is 0.237 e. The van der Waals surface area contributed by atoms with Crippen molar-refractivity contribution < 1.29 is 4.79 Å². The molecule has 3 heterocycles. The van der Waals surface area contributed by atoms with Crippen molar-refractivity contribution in [3.63, 3.8) is 0 Å². The van der Waals surface area contributed by atoms with E-state index in [4.69, 9.17) is 0 Å². The maximum absolute atomic E-state index is 12.6. The van der Waals surface area contributed by atoms with Gasteiger partial charge in [0.25, 0.3) is 0 Å². The van der Waals surface area contributed by atoms with Gasteiger partial charge in [0.2, 0.25) is 5.91 Å². The first kappa shape index (κ1) is 17.6. The number of likely N-dealkylation sites (tertiary alicyclic amines) is 1. The number of carbonyl (C=O) groups excluding carboxylic acids is 1. The third-order valence-electron chi connectivity index (χ3n) is 4.85. The van der Waals surface area contributed by atoms with Gasteiger partial charge in [-0.05, 0) is 50.4 Å². The number of nitrogens with one attached hydrogen (secondary N) is 1. The fourth-order valence-corrected chi connectivity index (χ4v) is 3.42. The van der Waals surface area contributed by atoms with Gasteiger partial charge in [0.05, 0.1) is 6.04 Å². The SMILES string of the molecule is Cc1nccn1CCCNC(=O)[C@H]1CCCCN1Cc1ccncc1. The molecule has 0 saturated carbocycles. The molecule has 134 valence electrons. The fourth-order valence-electron chi connectivity index (χ4n) is 3.42. The van der Waals surface area contributed by atoms with Crippen LogP contribution >= 0.6 is 0 Å². The van der Waals surface area contributed by atoms with Crippen LogP contribution in [0, 0.1) is 6.92 Å². The van der Waals surface area contributed by atoms with Crippen LogP contribution < -0.4 is 5.32 Å². The Morgan fingerprint density at radius 2 is 2.12 bits per heavy atom. The Morgan fingerprint density at radius 3 is 2.88 bits per heavy atom. The summed E-state index contributed by atoms with van der Waals surface area (Å²) in [6, 6.07) is 4.03. The summed E-state index contributed by atoms with van der Waals surface area (Å²) in [4.78, 5) is 23.2. The van der Waals surface area contributed by atoms with Gasteiger partial charge < -0.3 is 9.88 Å². The van der Waals surface area contributed by atoms with E-state index >= 15 is 0 Å². The first-order valence-electron chi connectivity index (χ1n) is 9.12. The van der Waals surface area contributed by atoms with E-state index in [1.54, 1.807) is 0 Å². The van der Waals surface area contributed by atoms with Gasteiger partial charge in [-0.1, -0.05) is 6.42 Å². The number of pyridine rings is 1. The van der Waals surface area contributed by atoms with E-state index in [1.807, 2.05) is 43.8 Å². The minimum Gasteiger partial charge on any atom is -0.355 e. The highest BCUT2D eigenvalue weighted by molar-refractivity contribution is 5.81. The summed E-state index contributed by atoms with van der Waals surface area (Å²) in [6.07, 6.45) is 11.6. The van der Waals surface area contributed by atoms with Gasteiger partial charge >= 0.3 is 0 Å². The third-order valence-corrected chi connectivity index (χ3v) is 4.85. The second-order valence-electron chi connectivity index (χ2n) is 6.65. The van der Waals surface area contributed by atoms with Crippen molar-refractivity contribution in [1.82, 2.24) is 24.8 Å². The van der Waals surface area contributed by atoms with Crippen molar-refractivity contribution in [1.29, 1.82) is 0 Å². The van der Waals surface area contributed by atoms with Crippen LogP contribution in [0.1, 0.15) is 37.1 Å². The number of rotatable bonds is 7. The normalized spacial score (nSPS) is 18.2. The number of hydrogen-bond acceptors (Lipinski definition) is 4. The Bertz CT molecular complexity index is 669. The number of aromatic nitrogens is 3. The lowest BCUT2D eigenvalue weighted by molar-refractivity contribution is -0.127. The summed E-state index contributed by atoms with van der Waals surface area (Å²) in [5.41, 5.74) is 1.21. The molecule has 25 heavy (non-hydrogen) atoms. The summed E-state index contributed by atoms with van der Waals surface area (Å²) in [5.74, 6) is 1.18. The molecule has 6 heteroatoms. The van der Waals surface area contributed by atoms with E-state index in [1.165, 1.54) is 5.56 Å². The van der Waals surface area contributed by atoms with Crippen LogP contribution in [0.4, 0.5) is 0 Å². The second-order valence-corrected chi connectivity index (χ2v) is 6.65. The van der Waals surface area contributed by atoms with Gasteiger partial charge in [0.15, 0.2) is 0 Å². The van der Waals surface area contributed by atoms with Crippen LogP contribution in [0.25, 0.3) is 0 Å². The summed E-state index contributed by atoms with van der Waals surface area (Å²) in [7, 11) is 0. The molecule has 1 saturated heterocycles. The molecule has 2 aromatic heterocycles. The maximum atomic E-state index is 12.6. The van der Waals surface area contributed by atoms with Crippen molar-refractivity contribution in [2.24, 2.45) is 0 Å². The van der Waals surface area contributed by atoms with Gasteiger partial charge in [0, 0.05) is 44.4 Å². The van der Waals surface area contributed by atoms with Gasteiger partial charge in [-0.25, -0.2) is 4.98 Å². The molecule has 1 aliphatic heterocycles. The third kappa shape index (κ3) is 4.89. The summed E-state index contributed by atoms with van der Waals surface area (Å²) < 4.78 is 2.11. The zero-order valence-corrected chi connectivity index (χ0v) is 14.9. The van der Waals surface area contributed by atoms with Gasteiger partial charge in [-0.15, -0.1) is 0 Å². The molecule has 0 aromatic carbocycles. The van der Waals surface area contributed by atoms with Crippen molar-refractivity contribution in [2.75, 3.05) is 13.1 Å². The minimum atomic E-state index is -0.0168. The average Bonchev–Trinajstić information content (AvgIpc) is 3.05. The molecule has 1 amide bonds. The number of carbonyl (C=O) groups is 1.